The maximum atomic E-state index is 12.6. The molecule has 0 fully saturated rings. The minimum atomic E-state index is -3.73. The summed E-state index contributed by atoms with van der Waals surface area (Å²) in [6.45, 7) is 3.50. The summed E-state index contributed by atoms with van der Waals surface area (Å²) >= 11 is 5.88. The van der Waals surface area contributed by atoms with Crippen LogP contribution in [-0.2, 0) is 14.8 Å². The van der Waals surface area contributed by atoms with Crippen LogP contribution in [0.15, 0.2) is 77.7 Å². The van der Waals surface area contributed by atoms with Crippen LogP contribution >= 0.6 is 11.6 Å². The molecule has 3 rings (SSSR count). The minimum absolute atomic E-state index is 0.101. The summed E-state index contributed by atoms with van der Waals surface area (Å²) in [5.41, 5.74) is 2.27. The number of ether oxygens (including phenoxy) is 1. The highest BCUT2D eigenvalue weighted by Crippen LogP contribution is 2.21. The van der Waals surface area contributed by atoms with E-state index in [1.165, 1.54) is 24.3 Å². The first-order valence-electron chi connectivity index (χ1n) is 9.61. The van der Waals surface area contributed by atoms with Gasteiger partial charge in [-0.15, -0.1) is 0 Å². The molecule has 0 aliphatic carbocycles. The number of hydrogen-bond donors (Lipinski definition) is 2. The zero-order valence-electron chi connectivity index (χ0n) is 17.1. The summed E-state index contributed by atoms with van der Waals surface area (Å²) in [7, 11) is -3.73. The molecule has 8 heteroatoms. The number of carbonyl (C=O) groups excluding carboxylic acids is 1. The number of benzene rings is 3. The number of halogens is 1. The first-order valence-corrected chi connectivity index (χ1v) is 11.5. The summed E-state index contributed by atoms with van der Waals surface area (Å²) in [6, 6.07) is 20.1. The zero-order valence-corrected chi connectivity index (χ0v) is 18.7. The van der Waals surface area contributed by atoms with E-state index in [1.807, 2.05) is 38.1 Å². The molecule has 3 aromatic carbocycles. The molecule has 6 nitrogen and oxygen atoms in total. The van der Waals surface area contributed by atoms with Gasteiger partial charge in [0, 0.05) is 5.02 Å². The lowest BCUT2D eigenvalue weighted by Gasteiger charge is -2.15. The fraction of sp³-hybridized carbons (Fsp3) is 0.174. The third-order valence-corrected chi connectivity index (χ3v) is 6.27. The predicted molar refractivity (Wildman–Crippen MR) is 122 cm³/mol. The molecule has 0 bridgehead atoms. The van der Waals surface area contributed by atoms with Crippen LogP contribution in [0.3, 0.4) is 0 Å². The average molecular weight is 459 g/mol. The lowest BCUT2D eigenvalue weighted by Crippen LogP contribution is -2.31. The molecule has 0 saturated heterocycles. The number of rotatable bonds is 8. The standard InChI is InChI=1S/C23H23ClN2O4S/c1-16-5-3-4-6-22(16)26-31(28,29)21-13-11-20(12-14-21)30-15-23(27)25-17(2)18-7-9-19(24)10-8-18/h3-14,17,26H,15H2,1-2H3,(H,25,27)/t17-/m1/s1. The van der Waals surface area contributed by atoms with E-state index < -0.39 is 10.0 Å². The highest BCUT2D eigenvalue weighted by molar-refractivity contribution is 7.92. The lowest BCUT2D eigenvalue weighted by molar-refractivity contribution is -0.123. The van der Waals surface area contributed by atoms with Crippen molar-refractivity contribution in [2.24, 2.45) is 0 Å². The molecule has 162 valence electrons. The Morgan fingerprint density at radius 1 is 1.00 bits per heavy atom. The summed E-state index contributed by atoms with van der Waals surface area (Å²) in [6.07, 6.45) is 0. The molecular formula is C23H23ClN2O4S. The van der Waals surface area contributed by atoms with Gasteiger partial charge in [0.1, 0.15) is 5.75 Å². The molecule has 0 aromatic heterocycles. The van der Waals surface area contributed by atoms with Crippen molar-refractivity contribution in [1.82, 2.24) is 5.32 Å². The van der Waals surface area contributed by atoms with E-state index in [2.05, 4.69) is 10.0 Å². The normalized spacial score (nSPS) is 12.1. The van der Waals surface area contributed by atoms with E-state index >= 15 is 0 Å². The molecule has 0 radical (unpaired) electrons. The van der Waals surface area contributed by atoms with Gasteiger partial charge in [0.05, 0.1) is 16.6 Å². The summed E-state index contributed by atoms with van der Waals surface area (Å²) in [4.78, 5) is 12.3. The number of anilines is 1. The molecule has 0 spiro atoms. The monoisotopic (exact) mass is 458 g/mol. The molecule has 0 saturated carbocycles. The third kappa shape index (κ3) is 6.23. The van der Waals surface area contributed by atoms with Crippen LogP contribution < -0.4 is 14.8 Å². The molecule has 31 heavy (non-hydrogen) atoms. The number of hydrogen-bond acceptors (Lipinski definition) is 4. The van der Waals surface area contributed by atoms with Gasteiger partial charge < -0.3 is 10.1 Å². The Bertz CT molecular complexity index is 1150. The van der Waals surface area contributed by atoms with Gasteiger partial charge in [-0.25, -0.2) is 8.42 Å². The van der Waals surface area contributed by atoms with Crippen LogP contribution in [0.25, 0.3) is 0 Å². The Morgan fingerprint density at radius 2 is 1.65 bits per heavy atom. The van der Waals surface area contributed by atoms with Gasteiger partial charge in [-0.3, -0.25) is 9.52 Å². The van der Waals surface area contributed by atoms with E-state index in [9.17, 15) is 13.2 Å². The van der Waals surface area contributed by atoms with Gasteiger partial charge in [0.15, 0.2) is 6.61 Å². The number of para-hydroxylation sites is 1. The van der Waals surface area contributed by atoms with Gasteiger partial charge in [-0.1, -0.05) is 41.9 Å². The van der Waals surface area contributed by atoms with Crippen molar-refractivity contribution in [3.63, 3.8) is 0 Å². The Morgan fingerprint density at radius 3 is 2.29 bits per heavy atom. The van der Waals surface area contributed by atoms with Crippen LogP contribution in [0, 0.1) is 6.92 Å². The fourth-order valence-electron chi connectivity index (χ4n) is 2.87. The Hall–Kier alpha value is -3.03. The summed E-state index contributed by atoms with van der Waals surface area (Å²) < 4.78 is 33.2. The number of carbonyl (C=O) groups is 1. The van der Waals surface area contributed by atoms with E-state index in [0.29, 0.717) is 16.5 Å². The smallest absolute Gasteiger partial charge is 0.261 e. The largest absolute Gasteiger partial charge is 0.484 e. The molecule has 0 heterocycles. The molecule has 0 aliphatic heterocycles. The van der Waals surface area contributed by atoms with Crippen LogP contribution in [0.4, 0.5) is 5.69 Å². The summed E-state index contributed by atoms with van der Waals surface area (Å²) in [5, 5.41) is 3.47. The second kappa shape index (κ2) is 9.85. The highest BCUT2D eigenvalue weighted by Gasteiger charge is 2.15. The van der Waals surface area contributed by atoms with Gasteiger partial charge in [0.2, 0.25) is 0 Å². The maximum Gasteiger partial charge on any atom is 0.261 e. The van der Waals surface area contributed by atoms with Gasteiger partial charge >= 0.3 is 0 Å². The average Bonchev–Trinajstić information content (AvgIpc) is 2.74. The van der Waals surface area contributed by atoms with E-state index in [0.717, 1.165) is 11.1 Å². The topological polar surface area (TPSA) is 84.5 Å². The van der Waals surface area contributed by atoms with Crippen molar-refractivity contribution >= 4 is 33.2 Å². The Balaban J connectivity index is 1.56. The van der Waals surface area contributed by atoms with Crippen LogP contribution in [-0.4, -0.2) is 20.9 Å². The van der Waals surface area contributed by atoms with Crippen molar-refractivity contribution in [1.29, 1.82) is 0 Å². The van der Waals surface area contributed by atoms with Gasteiger partial charge in [-0.05, 0) is 67.4 Å². The lowest BCUT2D eigenvalue weighted by atomic mass is 10.1. The number of aryl methyl sites for hydroxylation is 1. The SMILES string of the molecule is Cc1ccccc1NS(=O)(=O)c1ccc(OCC(=O)N[C@H](C)c2ccc(Cl)cc2)cc1. The number of amides is 1. The second-order valence-corrected chi connectivity index (χ2v) is 9.14. The number of sulfonamides is 1. The Kier molecular flexibility index (Phi) is 7.20. The molecule has 1 amide bonds. The zero-order chi connectivity index (χ0) is 22.4. The molecular weight excluding hydrogens is 436 g/mol. The number of nitrogens with one attached hydrogen (secondary N) is 2. The Labute approximate surface area is 187 Å². The van der Waals surface area contributed by atoms with E-state index in [-0.39, 0.29) is 23.5 Å². The fourth-order valence-corrected chi connectivity index (χ4v) is 4.13. The van der Waals surface area contributed by atoms with Gasteiger partial charge in [0.25, 0.3) is 15.9 Å². The van der Waals surface area contributed by atoms with Crippen molar-refractivity contribution in [3.05, 3.63) is 88.9 Å². The van der Waals surface area contributed by atoms with E-state index in [4.69, 9.17) is 16.3 Å². The predicted octanol–water partition coefficient (Wildman–Crippen LogP) is 4.71. The maximum absolute atomic E-state index is 12.6. The minimum Gasteiger partial charge on any atom is -0.484 e. The molecule has 2 N–H and O–H groups in total. The van der Waals surface area contributed by atoms with Crippen molar-refractivity contribution in [2.45, 2.75) is 24.8 Å². The second-order valence-electron chi connectivity index (χ2n) is 7.02. The van der Waals surface area contributed by atoms with Crippen LogP contribution in [0.2, 0.25) is 5.02 Å². The first kappa shape index (κ1) is 22.7. The molecule has 1 atom stereocenters. The molecule has 3 aromatic rings. The quantitative estimate of drug-likeness (QED) is 0.512. The van der Waals surface area contributed by atoms with Crippen molar-refractivity contribution < 1.29 is 17.9 Å². The van der Waals surface area contributed by atoms with Crippen LogP contribution in [0.1, 0.15) is 24.1 Å². The summed E-state index contributed by atoms with van der Waals surface area (Å²) in [5.74, 6) is 0.101. The first-order chi connectivity index (χ1) is 14.7. The van der Waals surface area contributed by atoms with E-state index in [1.54, 1.807) is 24.3 Å². The highest BCUT2D eigenvalue weighted by atomic mass is 35.5. The van der Waals surface area contributed by atoms with Gasteiger partial charge in [-0.2, -0.15) is 0 Å². The molecule has 0 aliphatic rings. The van der Waals surface area contributed by atoms with Crippen molar-refractivity contribution in [3.8, 4) is 5.75 Å². The third-order valence-electron chi connectivity index (χ3n) is 4.64. The molecule has 0 unspecified atom stereocenters. The van der Waals surface area contributed by atoms with Crippen molar-refractivity contribution in [2.75, 3.05) is 11.3 Å². The van der Waals surface area contributed by atoms with Crippen LogP contribution in [0.5, 0.6) is 5.75 Å².